The van der Waals surface area contributed by atoms with E-state index in [2.05, 4.69) is 5.32 Å². The molecule has 0 atom stereocenters. The van der Waals surface area contributed by atoms with Crippen LogP contribution in [0.5, 0.6) is 0 Å². The van der Waals surface area contributed by atoms with Gasteiger partial charge in [-0.3, -0.25) is 4.79 Å². The Morgan fingerprint density at radius 2 is 2.00 bits per heavy atom. The summed E-state index contributed by atoms with van der Waals surface area (Å²) in [6.07, 6.45) is 1.87. The average molecular weight is 274 g/mol. The standard InChI is InChI=1S/C12H16F2N2OS/c1-2-3-4-16-11(17)7-18-12-9(13)5-8(15)6-10(12)14/h5-6H,2-4,7,15H2,1H3,(H,16,17). The van der Waals surface area contributed by atoms with E-state index in [9.17, 15) is 13.6 Å². The van der Waals surface area contributed by atoms with Crippen molar-refractivity contribution in [3.8, 4) is 0 Å². The zero-order valence-electron chi connectivity index (χ0n) is 10.1. The Morgan fingerprint density at radius 3 is 2.56 bits per heavy atom. The van der Waals surface area contributed by atoms with E-state index in [-0.39, 0.29) is 22.2 Å². The largest absolute Gasteiger partial charge is 0.399 e. The first-order chi connectivity index (χ1) is 8.54. The number of anilines is 1. The summed E-state index contributed by atoms with van der Waals surface area (Å²) in [6, 6.07) is 2.08. The van der Waals surface area contributed by atoms with Gasteiger partial charge in [0.15, 0.2) is 0 Å². The minimum absolute atomic E-state index is 0.0124. The van der Waals surface area contributed by atoms with Crippen LogP contribution in [0.1, 0.15) is 19.8 Å². The maximum Gasteiger partial charge on any atom is 0.230 e. The molecule has 1 aromatic rings. The highest BCUT2D eigenvalue weighted by Gasteiger charge is 2.12. The van der Waals surface area contributed by atoms with Crippen LogP contribution in [0.15, 0.2) is 17.0 Å². The van der Waals surface area contributed by atoms with E-state index in [4.69, 9.17) is 5.73 Å². The zero-order chi connectivity index (χ0) is 13.5. The molecular weight excluding hydrogens is 258 g/mol. The van der Waals surface area contributed by atoms with Crippen molar-refractivity contribution in [2.45, 2.75) is 24.7 Å². The van der Waals surface area contributed by atoms with Gasteiger partial charge in [-0.25, -0.2) is 8.78 Å². The number of hydrogen-bond acceptors (Lipinski definition) is 3. The van der Waals surface area contributed by atoms with Crippen molar-refractivity contribution in [3.05, 3.63) is 23.8 Å². The van der Waals surface area contributed by atoms with E-state index in [1.807, 2.05) is 6.92 Å². The number of carbonyl (C=O) groups excluding carboxylic acids is 1. The zero-order valence-corrected chi connectivity index (χ0v) is 10.9. The van der Waals surface area contributed by atoms with Crippen molar-refractivity contribution in [3.63, 3.8) is 0 Å². The summed E-state index contributed by atoms with van der Waals surface area (Å²) < 4.78 is 26.8. The molecule has 0 fully saturated rings. The average Bonchev–Trinajstić information content (AvgIpc) is 2.27. The van der Waals surface area contributed by atoms with Crippen LogP contribution in [0.4, 0.5) is 14.5 Å². The molecule has 0 bridgehead atoms. The summed E-state index contributed by atoms with van der Waals surface area (Å²) in [4.78, 5) is 11.2. The van der Waals surface area contributed by atoms with Gasteiger partial charge in [0.25, 0.3) is 0 Å². The molecule has 0 saturated heterocycles. The van der Waals surface area contributed by atoms with E-state index in [1.165, 1.54) is 0 Å². The first-order valence-electron chi connectivity index (χ1n) is 5.68. The third-order valence-corrected chi connectivity index (χ3v) is 3.31. The number of nitrogens with two attached hydrogens (primary N) is 1. The molecule has 0 aliphatic carbocycles. The molecule has 0 aliphatic rings. The Morgan fingerprint density at radius 1 is 1.39 bits per heavy atom. The number of amides is 1. The van der Waals surface area contributed by atoms with Crippen molar-refractivity contribution in [2.24, 2.45) is 0 Å². The lowest BCUT2D eigenvalue weighted by molar-refractivity contribution is -0.118. The fraction of sp³-hybridized carbons (Fsp3) is 0.417. The van der Waals surface area contributed by atoms with E-state index >= 15 is 0 Å². The smallest absolute Gasteiger partial charge is 0.230 e. The quantitative estimate of drug-likeness (QED) is 0.476. The van der Waals surface area contributed by atoms with Crippen molar-refractivity contribution >= 4 is 23.4 Å². The van der Waals surface area contributed by atoms with Gasteiger partial charge in [-0.2, -0.15) is 0 Å². The van der Waals surface area contributed by atoms with Crippen LogP contribution in [0.2, 0.25) is 0 Å². The molecule has 0 spiro atoms. The Balaban J connectivity index is 2.51. The molecule has 0 saturated carbocycles. The first kappa shape index (κ1) is 14.8. The number of carbonyl (C=O) groups is 1. The van der Waals surface area contributed by atoms with Crippen LogP contribution in [0, 0.1) is 11.6 Å². The minimum atomic E-state index is -0.737. The van der Waals surface area contributed by atoms with Gasteiger partial charge in [-0.05, 0) is 18.6 Å². The Labute approximate surface area is 109 Å². The predicted molar refractivity (Wildman–Crippen MR) is 69.4 cm³/mol. The van der Waals surface area contributed by atoms with Gasteiger partial charge in [-0.15, -0.1) is 11.8 Å². The lowest BCUT2D eigenvalue weighted by atomic mass is 10.3. The number of benzene rings is 1. The van der Waals surface area contributed by atoms with Gasteiger partial charge in [0.2, 0.25) is 5.91 Å². The second-order valence-corrected chi connectivity index (χ2v) is 4.79. The highest BCUT2D eigenvalue weighted by Crippen LogP contribution is 2.26. The Bertz CT molecular complexity index is 404. The summed E-state index contributed by atoms with van der Waals surface area (Å²) in [5, 5.41) is 2.67. The summed E-state index contributed by atoms with van der Waals surface area (Å²) in [6.45, 7) is 2.60. The van der Waals surface area contributed by atoms with Crippen molar-refractivity contribution in [2.75, 3.05) is 18.0 Å². The monoisotopic (exact) mass is 274 g/mol. The van der Waals surface area contributed by atoms with Crippen molar-refractivity contribution in [1.29, 1.82) is 0 Å². The van der Waals surface area contributed by atoms with Crippen molar-refractivity contribution < 1.29 is 13.6 Å². The summed E-state index contributed by atoms with van der Waals surface area (Å²) in [7, 11) is 0. The highest BCUT2D eigenvalue weighted by molar-refractivity contribution is 8.00. The van der Waals surface area contributed by atoms with Crippen LogP contribution in [0.25, 0.3) is 0 Å². The lowest BCUT2D eigenvalue weighted by Gasteiger charge is -2.06. The van der Waals surface area contributed by atoms with Gasteiger partial charge < -0.3 is 11.1 Å². The number of nitrogens with one attached hydrogen (secondary N) is 1. The van der Waals surface area contributed by atoms with Crippen LogP contribution in [-0.4, -0.2) is 18.2 Å². The molecule has 18 heavy (non-hydrogen) atoms. The molecular formula is C12H16F2N2OS. The fourth-order valence-electron chi connectivity index (χ4n) is 1.31. The molecule has 3 N–H and O–H groups in total. The van der Waals surface area contributed by atoms with Gasteiger partial charge in [0.05, 0.1) is 10.6 Å². The molecule has 0 heterocycles. The number of unbranched alkanes of at least 4 members (excludes halogenated alkanes) is 1. The molecule has 0 aliphatic heterocycles. The van der Waals surface area contributed by atoms with Gasteiger partial charge in [0.1, 0.15) is 11.6 Å². The topological polar surface area (TPSA) is 55.1 Å². The fourth-order valence-corrected chi connectivity index (χ4v) is 2.08. The van der Waals surface area contributed by atoms with Crippen molar-refractivity contribution in [1.82, 2.24) is 5.32 Å². The predicted octanol–water partition coefficient (Wildman–Crippen LogP) is 2.56. The second kappa shape index (κ2) is 7.20. The third kappa shape index (κ3) is 4.52. The maximum atomic E-state index is 13.4. The Hall–Kier alpha value is -1.30. The van der Waals surface area contributed by atoms with Crippen LogP contribution in [-0.2, 0) is 4.79 Å². The summed E-state index contributed by atoms with van der Waals surface area (Å²) in [5.74, 6) is -1.72. The second-order valence-electron chi connectivity index (χ2n) is 3.81. The normalized spacial score (nSPS) is 10.4. The number of thioether (sulfide) groups is 1. The molecule has 0 radical (unpaired) electrons. The molecule has 0 unspecified atom stereocenters. The molecule has 3 nitrogen and oxygen atoms in total. The number of rotatable bonds is 6. The van der Waals surface area contributed by atoms with E-state index in [1.54, 1.807) is 0 Å². The highest BCUT2D eigenvalue weighted by atomic mass is 32.2. The van der Waals surface area contributed by atoms with Gasteiger partial charge >= 0.3 is 0 Å². The van der Waals surface area contributed by atoms with E-state index in [0.717, 1.165) is 36.7 Å². The molecule has 100 valence electrons. The Kier molecular flexibility index (Phi) is 5.91. The molecule has 1 aromatic carbocycles. The summed E-state index contributed by atoms with van der Waals surface area (Å²) >= 11 is 0.831. The molecule has 6 heteroatoms. The van der Waals surface area contributed by atoms with E-state index in [0.29, 0.717) is 6.54 Å². The van der Waals surface area contributed by atoms with Gasteiger partial charge in [0, 0.05) is 12.2 Å². The SMILES string of the molecule is CCCCNC(=O)CSc1c(F)cc(N)cc1F. The molecule has 1 amide bonds. The van der Waals surface area contributed by atoms with Crippen LogP contribution in [0.3, 0.4) is 0 Å². The molecule has 1 rings (SSSR count). The lowest BCUT2D eigenvalue weighted by Crippen LogP contribution is -2.26. The first-order valence-corrected chi connectivity index (χ1v) is 6.67. The molecule has 0 aromatic heterocycles. The van der Waals surface area contributed by atoms with E-state index < -0.39 is 11.6 Å². The van der Waals surface area contributed by atoms with Crippen LogP contribution >= 0.6 is 11.8 Å². The number of nitrogen functional groups attached to an aromatic ring is 1. The number of halogens is 2. The maximum absolute atomic E-state index is 13.4. The minimum Gasteiger partial charge on any atom is -0.399 e. The van der Waals surface area contributed by atoms with Gasteiger partial charge in [-0.1, -0.05) is 13.3 Å². The number of hydrogen-bond donors (Lipinski definition) is 2. The third-order valence-electron chi connectivity index (χ3n) is 2.22. The van der Waals surface area contributed by atoms with Crippen LogP contribution < -0.4 is 11.1 Å². The summed E-state index contributed by atoms with van der Waals surface area (Å²) in [5.41, 5.74) is 5.33.